The first-order valence-corrected chi connectivity index (χ1v) is 9.31. The smallest absolute Gasteiger partial charge is 0.356 e. The van der Waals surface area contributed by atoms with Crippen LogP contribution in [0.15, 0.2) is 53.1 Å². The largest absolute Gasteiger partial charge is 0.463 e. The van der Waals surface area contributed by atoms with Gasteiger partial charge in [0.2, 0.25) is 6.10 Å². The van der Waals surface area contributed by atoms with Crippen molar-refractivity contribution in [2.75, 3.05) is 13.2 Å². The van der Waals surface area contributed by atoms with Gasteiger partial charge in [0, 0.05) is 37.9 Å². The van der Waals surface area contributed by atoms with Crippen LogP contribution in [0.25, 0.3) is 11.1 Å². The molecule has 1 N–H and O–H groups in total. The Kier molecular flexibility index (Phi) is 5.16. The number of benzene rings is 1. The molecule has 2 atom stereocenters. The zero-order valence-corrected chi connectivity index (χ0v) is 15.6. The summed E-state index contributed by atoms with van der Waals surface area (Å²) in [5.41, 5.74) is 2.31. The van der Waals surface area contributed by atoms with Gasteiger partial charge >= 0.3 is 5.97 Å². The summed E-state index contributed by atoms with van der Waals surface area (Å²) < 4.78 is 18.2. The SMILES string of the molecule is Cn1c(C(=O)O[C@@H](C(=O)NC[C@H]2CCCO2)c2ccccc2)cc2occc21. The van der Waals surface area contributed by atoms with Crippen LogP contribution in [0.3, 0.4) is 0 Å². The van der Waals surface area contributed by atoms with Crippen LogP contribution in [0.4, 0.5) is 0 Å². The van der Waals surface area contributed by atoms with E-state index in [0.717, 1.165) is 18.4 Å². The number of amides is 1. The average Bonchev–Trinajstić information content (AvgIpc) is 3.44. The van der Waals surface area contributed by atoms with Gasteiger partial charge in [-0.25, -0.2) is 4.79 Å². The molecule has 0 aliphatic carbocycles. The molecule has 4 rings (SSSR count). The minimum absolute atomic E-state index is 0.0101. The van der Waals surface area contributed by atoms with Gasteiger partial charge in [-0.15, -0.1) is 0 Å². The van der Waals surface area contributed by atoms with Crippen molar-refractivity contribution >= 4 is 23.0 Å². The van der Waals surface area contributed by atoms with E-state index in [1.54, 1.807) is 54.3 Å². The fourth-order valence-electron chi connectivity index (χ4n) is 3.43. The predicted molar refractivity (Wildman–Crippen MR) is 102 cm³/mol. The lowest BCUT2D eigenvalue weighted by Crippen LogP contribution is -2.37. The first-order chi connectivity index (χ1) is 13.6. The highest BCUT2D eigenvalue weighted by Crippen LogP contribution is 2.24. The summed E-state index contributed by atoms with van der Waals surface area (Å²) in [6.07, 6.45) is 2.43. The van der Waals surface area contributed by atoms with E-state index in [2.05, 4.69) is 5.32 Å². The molecule has 3 heterocycles. The number of aryl methyl sites for hydroxylation is 1. The van der Waals surface area contributed by atoms with Crippen LogP contribution in [0.2, 0.25) is 0 Å². The summed E-state index contributed by atoms with van der Waals surface area (Å²) in [5, 5.41) is 2.85. The van der Waals surface area contributed by atoms with Gasteiger partial charge in [0.1, 0.15) is 5.69 Å². The van der Waals surface area contributed by atoms with Crippen molar-refractivity contribution in [2.45, 2.75) is 25.0 Å². The van der Waals surface area contributed by atoms with E-state index in [0.29, 0.717) is 30.0 Å². The van der Waals surface area contributed by atoms with Gasteiger partial charge in [0.15, 0.2) is 5.58 Å². The lowest BCUT2D eigenvalue weighted by Gasteiger charge is -2.19. The maximum atomic E-state index is 12.8. The topological polar surface area (TPSA) is 82.7 Å². The van der Waals surface area contributed by atoms with Crippen LogP contribution in [0, 0.1) is 0 Å². The molecule has 1 aliphatic rings. The van der Waals surface area contributed by atoms with E-state index in [-0.39, 0.29) is 12.0 Å². The molecule has 1 aromatic carbocycles. The Morgan fingerprint density at radius 2 is 2.11 bits per heavy atom. The number of fused-ring (bicyclic) bond motifs is 1. The second kappa shape index (κ2) is 7.90. The van der Waals surface area contributed by atoms with Gasteiger partial charge in [-0.1, -0.05) is 30.3 Å². The lowest BCUT2D eigenvalue weighted by atomic mass is 10.1. The highest BCUT2D eigenvalue weighted by molar-refractivity contribution is 5.95. The number of hydrogen-bond acceptors (Lipinski definition) is 5. The van der Waals surface area contributed by atoms with Crippen LogP contribution >= 0.6 is 0 Å². The monoisotopic (exact) mass is 382 g/mol. The molecule has 1 aliphatic heterocycles. The maximum Gasteiger partial charge on any atom is 0.356 e. The molecule has 1 saturated heterocycles. The quantitative estimate of drug-likeness (QED) is 0.663. The summed E-state index contributed by atoms with van der Waals surface area (Å²) in [6.45, 7) is 1.11. The highest BCUT2D eigenvalue weighted by Gasteiger charge is 2.28. The van der Waals surface area contributed by atoms with Gasteiger partial charge in [-0.3, -0.25) is 4.79 Å². The van der Waals surface area contributed by atoms with Crippen molar-refractivity contribution in [3.63, 3.8) is 0 Å². The van der Waals surface area contributed by atoms with Crippen molar-refractivity contribution in [1.82, 2.24) is 9.88 Å². The molecule has 1 fully saturated rings. The van der Waals surface area contributed by atoms with Crippen LogP contribution in [0.1, 0.15) is 35.0 Å². The van der Waals surface area contributed by atoms with E-state index in [4.69, 9.17) is 13.9 Å². The van der Waals surface area contributed by atoms with E-state index >= 15 is 0 Å². The second-order valence-electron chi connectivity index (χ2n) is 6.83. The van der Waals surface area contributed by atoms with E-state index in [1.807, 2.05) is 6.07 Å². The normalized spacial score (nSPS) is 17.5. The fourth-order valence-corrected chi connectivity index (χ4v) is 3.43. The maximum absolute atomic E-state index is 12.8. The predicted octanol–water partition coefficient (Wildman–Crippen LogP) is 2.96. The van der Waals surface area contributed by atoms with Crippen molar-refractivity contribution < 1.29 is 23.5 Å². The number of nitrogens with zero attached hydrogens (tertiary/aromatic N) is 1. The number of nitrogens with one attached hydrogen (secondary N) is 1. The summed E-state index contributed by atoms with van der Waals surface area (Å²) in [4.78, 5) is 25.6. The molecule has 7 heteroatoms. The molecular weight excluding hydrogens is 360 g/mol. The summed E-state index contributed by atoms with van der Waals surface area (Å²) in [6, 6.07) is 12.4. The minimum Gasteiger partial charge on any atom is -0.463 e. The van der Waals surface area contributed by atoms with Crippen LogP contribution in [0.5, 0.6) is 0 Å². The molecule has 0 radical (unpaired) electrons. The molecule has 2 aromatic heterocycles. The highest BCUT2D eigenvalue weighted by atomic mass is 16.5. The van der Waals surface area contributed by atoms with Crippen molar-refractivity contribution in [2.24, 2.45) is 7.05 Å². The number of furan rings is 1. The zero-order chi connectivity index (χ0) is 19.5. The number of esters is 1. The fraction of sp³-hybridized carbons (Fsp3) is 0.333. The molecule has 7 nitrogen and oxygen atoms in total. The third-order valence-electron chi connectivity index (χ3n) is 4.97. The Morgan fingerprint density at radius 3 is 2.82 bits per heavy atom. The third kappa shape index (κ3) is 3.66. The number of ether oxygens (including phenoxy) is 2. The Morgan fingerprint density at radius 1 is 1.29 bits per heavy atom. The number of aromatic nitrogens is 1. The van der Waals surface area contributed by atoms with Gasteiger partial charge in [-0.05, 0) is 12.8 Å². The molecule has 3 aromatic rings. The Bertz CT molecular complexity index is 969. The van der Waals surface area contributed by atoms with Crippen LogP contribution in [-0.4, -0.2) is 35.7 Å². The molecule has 0 bridgehead atoms. The third-order valence-corrected chi connectivity index (χ3v) is 4.97. The Labute approximate surface area is 162 Å². The van der Waals surface area contributed by atoms with Gasteiger partial charge in [0.25, 0.3) is 5.91 Å². The van der Waals surface area contributed by atoms with Crippen molar-refractivity contribution in [3.05, 3.63) is 60.0 Å². The van der Waals surface area contributed by atoms with E-state index in [1.165, 1.54) is 0 Å². The molecule has 0 saturated carbocycles. The van der Waals surface area contributed by atoms with Crippen molar-refractivity contribution in [3.8, 4) is 0 Å². The van der Waals surface area contributed by atoms with E-state index in [9.17, 15) is 9.59 Å². The Hall–Kier alpha value is -3.06. The number of hydrogen-bond donors (Lipinski definition) is 1. The first kappa shape index (κ1) is 18.3. The molecule has 0 spiro atoms. The first-order valence-electron chi connectivity index (χ1n) is 9.31. The van der Waals surface area contributed by atoms with Gasteiger partial charge < -0.3 is 23.8 Å². The standard InChI is InChI=1S/C21H22N2O5/c1-23-16-9-11-27-18(16)12-17(23)21(25)28-19(14-6-3-2-4-7-14)20(24)22-13-15-8-5-10-26-15/h2-4,6-7,9,11-12,15,19H,5,8,10,13H2,1H3,(H,22,24)/t15-,19-/m1/s1. The van der Waals surface area contributed by atoms with Crippen molar-refractivity contribution in [1.29, 1.82) is 0 Å². The van der Waals surface area contributed by atoms with Crippen LogP contribution < -0.4 is 5.32 Å². The summed E-state index contributed by atoms with van der Waals surface area (Å²) in [7, 11) is 1.75. The number of rotatable bonds is 6. The lowest BCUT2D eigenvalue weighted by molar-refractivity contribution is -0.130. The molecular formula is C21H22N2O5. The molecule has 1 amide bonds. The summed E-state index contributed by atoms with van der Waals surface area (Å²) in [5.74, 6) is -0.956. The van der Waals surface area contributed by atoms with E-state index < -0.39 is 12.1 Å². The minimum atomic E-state index is -1.05. The van der Waals surface area contributed by atoms with Crippen LogP contribution in [-0.2, 0) is 21.3 Å². The van der Waals surface area contributed by atoms with Gasteiger partial charge in [-0.2, -0.15) is 0 Å². The summed E-state index contributed by atoms with van der Waals surface area (Å²) >= 11 is 0. The van der Waals surface area contributed by atoms with Gasteiger partial charge in [0.05, 0.1) is 17.9 Å². The molecule has 28 heavy (non-hydrogen) atoms. The zero-order valence-electron chi connectivity index (χ0n) is 15.6. The molecule has 146 valence electrons. The number of carbonyl (C=O) groups excluding carboxylic acids is 2. The average molecular weight is 382 g/mol. The second-order valence-corrected chi connectivity index (χ2v) is 6.83. The number of carbonyl (C=O) groups is 2. The molecule has 0 unspecified atom stereocenters. The Balaban J connectivity index is 1.52.